The van der Waals surface area contributed by atoms with Crippen molar-refractivity contribution < 1.29 is 0 Å². The van der Waals surface area contributed by atoms with Crippen LogP contribution in [0.1, 0.15) is 40.5 Å². The van der Waals surface area contributed by atoms with E-state index in [1.165, 1.54) is 65.2 Å². The Bertz CT molecular complexity index is 206. The Kier molecular flexibility index (Phi) is 8.67. The first kappa shape index (κ1) is 16.9. The minimum absolute atomic E-state index is 0.772. The molecule has 1 N–H and O–H groups in total. The van der Waals surface area contributed by atoms with Crippen LogP contribution in [-0.4, -0.2) is 62.2 Å². The average Bonchev–Trinajstić information content (AvgIpc) is 2.41. The van der Waals surface area contributed by atoms with Gasteiger partial charge in [0.05, 0.1) is 0 Å². The lowest BCUT2D eigenvalue weighted by Gasteiger charge is -2.33. The summed E-state index contributed by atoms with van der Waals surface area (Å²) in [5.74, 6) is 1.68. The van der Waals surface area contributed by atoms with Gasteiger partial charge in [0.2, 0.25) is 0 Å². The number of likely N-dealkylation sites (tertiary alicyclic amines) is 1. The third-order valence-corrected chi connectivity index (χ3v) is 4.32. The third-order valence-electron chi connectivity index (χ3n) is 4.32. The van der Waals surface area contributed by atoms with E-state index in [4.69, 9.17) is 0 Å². The molecule has 1 rings (SSSR count). The lowest BCUT2D eigenvalue weighted by molar-refractivity contribution is 0.158. The predicted molar refractivity (Wildman–Crippen MR) is 84.7 cm³/mol. The first-order valence-corrected chi connectivity index (χ1v) is 8.31. The largest absolute Gasteiger partial charge is 0.316 e. The monoisotopic (exact) mass is 269 g/mol. The van der Waals surface area contributed by atoms with Crippen LogP contribution in [0.15, 0.2) is 0 Å². The van der Waals surface area contributed by atoms with Crippen molar-refractivity contribution in [2.45, 2.75) is 40.5 Å². The van der Waals surface area contributed by atoms with Gasteiger partial charge in [-0.2, -0.15) is 0 Å². The Hall–Kier alpha value is -0.120. The van der Waals surface area contributed by atoms with Gasteiger partial charge in [-0.3, -0.25) is 0 Å². The highest BCUT2D eigenvalue weighted by molar-refractivity contribution is 4.74. The summed E-state index contributed by atoms with van der Waals surface area (Å²) in [6.07, 6.45) is 2.76. The fourth-order valence-electron chi connectivity index (χ4n) is 2.81. The summed E-state index contributed by atoms with van der Waals surface area (Å²) >= 11 is 0. The molecule has 3 heteroatoms. The zero-order chi connectivity index (χ0) is 14.1. The number of likely N-dealkylation sites (N-methyl/N-ethyl adjacent to an activating group) is 1. The van der Waals surface area contributed by atoms with E-state index in [0.29, 0.717) is 0 Å². The predicted octanol–water partition coefficient (Wildman–Crippen LogP) is 2.29. The minimum atomic E-state index is 0.772. The van der Waals surface area contributed by atoms with E-state index in [2.05, 4.69) is 42.8 Å². The topological polar surface area (TPSA) is 18.5 Å². The van der Waals surface area contributed by atoms with Crippen molar-refractivity contribution in [3.63, 3.8) is 0 Å². The van der Waals surface area contributed by atoms with E-state index in [-0.39, 0.29) is 0 Å². The van der Waals surface area contributed by atoms with E-state index in [1.807, 2.05) is 0 Å². The van der Waals surface area contributed by atoms with E-state index in [9.17, 15) is 0 Å². The molecule has 1 saturated heterocycles. The molecule has 1 fully saturated rings. The standard InChI is InChI=1S/C16H35N3/c1-5-18(6-2)11-12-19-9-7-16(8-10-19)14-17-13-15(3)4/h15-17H,5-14H2,1-4H3. The van der Waals surface area contributed by atoms with Gasteiger partial charge < -0.3 is 15.1 Å². The highest BCUT2D eigenvalue weighted by atomic mass is 15.2. The molecule has 114 valence electrons. The van der Waals surface area contributed by atoms with E-state index < -0.39 is 0 Å². The van der Waals surface area contributed by atoms with Crippen LogP contribution < -0.4 is 5.32 Å². The van der Waals surface area contributed by atoms with Crippen LogP contribution in [0.3, 0.4) is 0 Å². The van der Waals surface area contributed by atoms with Crippen molar-refractivity contribution in [2.75, 3.05) is 52.4 Å². The molecule has 0 radical (unpaired) electrons. The number of piperidine rings is 1. The third kappa shape index (κ3) is 7.28. The van der Waals surface area contributed by atoms with E-state index in [1.54, 1.807) is 0 Å². The second-order valence-corrected chi connectivity index (χ2v) is 6.36. The van der Waals surface area contributed by atoms with Crippen LogP contribution in [0.2, 0.25) is 0 Å². The molecule has 0 bridgehead atoms. The summed E-state index contributed by atoms with van der Waals surface area (Å²) in [6.45, 7) is 18.9. The van der Waals surface area contributed by atoms with Crippen LogP contribution in [0.25, 0.3) is 0 Å². The van der Waals surface area contributed by atoms with Gasteiger partial charge in [-0.1, -0.05) is 27.7 Å². The van der Waals surface area contributed by atoms with E-state index in [0.717, 1.165) is 11.8 Å². The molecule has 0 unspecified atom stereocenters. The SMILES string of the molecule is CCN(CC)CCN1CCC(CNCC(C)C)CC1. The number of rotatable bonds is 9. The van der Waals surface area contributed by atoms with Crippen molar-refractivity contribution in [1.29, 1.82) is 0 Å². The summed E-state index contributed by atoms with van der Waals surface area (Å²) in [5, 5.41) is 3.61. The first-order chi connectivity index (χ1) is 9.15. The summed E-state index contributed by atoms with van der Waals surface area (Å²) < 4.78 is 0. The maximum atomic E-state index is 3.61. The summed E-state index contributed by atoms with van der Waals surface area (Å²) in [7, 11) is 0. The Balaban J connectivity index is 2.08. The van der Waals surface area contributed by atoms with Crippen LogP contribution in [0.4, 0.5) is 0 Å². The van der Waals surface area contributed by atoms with Crippen LogP contribution in [0.5, 0.6) is 0 Å². The second kappa shape index (κ2) is 9.73. The summed E-state index contributed by atoms with van der Waals surface area (Å²) in [5.41, 5.74) is 0. The van der Waals surface area contributed by atoms with Crippen LogP contribution in [-0.2, 0) is 0 Å². The molecule has 0 aromatic heterocycles. The first-order valence-electron chi connectivity index (χ1n) is 8.31. The zero-order valence-electron chi connectivity index (χ0n) is 13.6. The highest BCUT2D eigenvalue weighted by Crippen LogP contribution is 2.16. The second-order valence-electron chi connectivity index (χ2n) is 6.36. The smallest absolute Gasteiger partial charge is 0.0109 e. The van der Waals surface area contributed by atoms with Gasteiger partial charge in [0.1, 0.15) is 0 Å². The maximum Gasteiger partial charge on any atom is 0.0109 e. The average molecular weight is 269 g/mol. The van der Waals surface area contributed by atoms with Crippen LogP contribution >= 0.6 is 0 Å². The molecule has 1 heterocycles. The van der Waals surface area contributed by atoms with Crippen molar-refractivity contribution in [1.82, 2.24) is 15.1 Å². The summed E-state index contributed by atoms with van der Waals surface area (Å²) in [6, 6.07) is 0. The number of hydrogen-bond acceptors (Lipinski definition) is 3. The molecule has 3 nitrogen and oxygen atoms in total. The Morgan fingerprint density at radius 3 is 2.32 bits per heavy atom. The van der Waals surface area contributed by atoms with Gasteiger partial charge >= 0.3 is 0 Å². The number of nitrogens with zero attached hydrogens (tertiary/aromatic N) is 2. The van der Waals surface area contributed by atoms with Crippen molar-refractivity contribution in [3.8, 4) is 0 Å². The Morgan fingerprint density at radius 2 is 1.79 bits per heavy atom. The molecule has 0 saturated carbocycles. The maximum absolute atomic E-state index is 3.61. The van der Waals surface area contributed by atoms with Crippen LogP contribution in [0, 0.1) is 11.8 Å². The molecule has 19 heavy (non-hydrogen) atoms. The van der Waals surface area contributed by atoms with Gasteiger partial charge in [-0.25, -0.2) is 0 Å². The molecule has 0 amide bonds. The van der Waals surface area contributed by atoms with Crippen molar-refractivity contribution >= 4 is 0 Å². The highest BCUT2D eigenvalue weighted by Gasteiger charge is 2.18. The quantitative estimate of drug-likeness (QED) is 0.693. The van der Waals surface area contributed by atoms with Gasteiger partial charge in [-0.15, -0.1) is 0 Å². The molecule has 0 aliphatic carbocycles. The van der Waals surface area contributed by atoms with Gasteiger partial charge in [0.25, 0.3) is 0 Å². The molecule has 0 aromatic rings. The number of nitrogens with one attached hydrogen (secondary N) is 1. The normalized spacial score (nSPS) is 18.6. The molecule has 0 spiro atoms. The molecule has 0 atom stereocenters. The molecule has 0 aromatic carbocycles. The lowest BCUT2D eigenvalue weighted by Crippen LogP contribution is -2.41. The molecule has 1 aliphatic rings. The van der Waals surface area contributed by atoms with E-state index >= 15 is 0 Å². The fourth-order valence-corrected chi connectivity index (χ4v) is 2.81. The Labute approximate surface area is 120 Å². The molecular weight excluding hydrogens is 234 g/mol. The van der Waals surface area contributed by atoms with Crippen molar-refractivity contribution in [2.24, 2.45) is 11.8 Å². The fraction of sp³-hybridized carbons (Fsp3) is 1.00. The van der Waals surface area contributed by atoms with Gasteiger partial charge in [0.15, 0.2) is 0 Å². The minimum Gasteiger partial charge on any atom is -0.316 e. The molecule has 1 aliphatic heterocycles. The van der Waals surface area contributed by atoms with Gasteiger partial charge in [-0.05, 0) is 63.9 Å². The molecular formula is C16H35N3. The lowest BCUT2D eigenvalue weighted by atomic mass is 9.96. The van der Waals surface area contributed by atoms with Crippen molar-refractivity contribution in [3.05, 3.63) is 0 Å². The number of hydrogen-bond donors (Lipinski definition) is 1. The zero-order valence-corrected chi connectivity index (χ0v) is 13.6. The Morgan fingerprint density at radius 1 is 1.16 bits per heavy atom. The van der Waals surface area contributed by atoms with Gasteiger partial charge in [0, 0.05) is 13.1 Å². The summed E-state index contributed by atoms with van der Waals surface area (Å²) in [4.78, 5) is 5.17.